The molecule has 102 valence electrons. The van der Waals surface area contributed by atoms with Crippen LogP contribution in [0.5, 0.6) is 0 Å². The molecule has 0 spiro atoms. The average molecular weight is 256 g/mol. The smallest absolute Gasteiger partial charge is 0.426 e. The minimum absolute atomic E-state index is 0.230. The van der Waals surface area contributed by atoms with Gasteiger partial charge in [0.1, 0.15) is 5.54 Å². The van der Waals surface area contributed by atoms with E-state index in [0.717, 1.165) is 0 Å². The molecule has 0 radical (unpaired) electrons. The van der Waals surface area contributed by atoms with Crippen molar-refractivity contribution in [2.24, 2.45) is 5.92 Å². The highest BCUT2D eigenvalue weighted by molar-refractivity contribution is 6.43. The van der Waals surface area contributed by atoms with Crippen molar-refractivity contribution in [3.05, 3.63) is 0 Å². The van der Waals surface area contributed by atoms with Crippen molar-refractivity contribution in [3.8, 4) is 0 Å². The molecule has 4 N–H and O–H groups in total. The van der Waals surface area contributed by atoms with Crippen LogP contribution in [0.4, 0.5) is 0 Å². The van der Waals surface area contributed by atoms with E-state index in [1.807, 2.05) is 13.8 Å². The van der Waals surface area contributed by atoms with E-state index in [1.165, 1.54) is 6.92 Å². The molecule has 1 fully saturated rings. The standard InChI is InChI=1S/C11H21BN2O4/c1-7(2)6-9(12(17)18)13-10(16)11(4-5-11)14-8(3)15/h7,9,17-18H,4-6H2,1-3H3,(H,13,16)(H,14,15)/t9-/m0/s1. The molecule has 0 heterocycles. The Balaban J connectivity index is 2.59. The largest absolute Gasteiger partial charge is 0.475 e. The molecule has 6 nitrogen and oxygen atoms in total. The highest BCUT2D eigenvalue weighted by Crippen LogP contribution is 2.35. The van der Waals surface area contributed by atoms with Gasteiger partial charge in [-0.25, -0.2) is 0 Å². The quantitative estimate of drug-likeness (QED) is 0.467. The van der Waals surface area contributed by atoms with Gasteiger partial charge in [0, 0.05) is 6.92 Å². The van der Waals surface area contributed by atoms with Crippen molar-refractivity contribution in [2.45, 2.75) is 51.5 Å². The van der Waals surface area contributed by atoms with Gasteiger partial charge in [-0.1, -0.05) is 13.8 Å². The molecule has 0 aromatic rings. The molecular weight excluding hydrogens is 235 g/mol. The number of hydrogen-bond acceptors (Lipinski definition) is 4. The third-order valence-corrected chi connectivity index (χ3v) is 3.00. The molecule has 0 bridgehead atoms. The molecule has 1 saturated carbocycles. The van der Waals surface area contributed by atoms with Gasteiger partial charge in [0.05, 0.1) is 5.94 Å². The van der Waals surface area contributed by atoms with E-state index < -0.39 is 18.6 Å². The van der Waals surface area contributed by atoms with E-state index in [4.69, 9.17) is 0 Å². The zero-order valence-corrected chi connectivity index (χ0v) is 11.1. The van der Waals surface area contributed by atoms with E-state index >= 15 is 0 Å². The lowest BCUT2D eigenvalue weighted by molar-refractivity contribution is -0.129. The molecule has 0 saturated heterocycles. The molecule has 0 aromatic carbocycles. The second-order valence-electron chi connectivity index (χ2n) is 5.39. The Morgan fingerprint density at radius 1 is 1.33 bits per heavy atom. The lowest BCUT2D eigenvalue weighted by Crippen LogP contribution is -2.55. The maximum absolute atomic E-state index is 12.0. The summed E-state index contributed by atoms with van der Waals surface area (Å²) in [6.07, 6.45) is 1.65. The Morgan fingerprint density at radius 2 is 1.89 bits per heavy atom. The van der Waals surface area contributed by atoms with Gasteiger partial charge in [-0.15, -0.1) is 0 Å². The second kappa shape index (κ2) is 5.71. The first kappa shape index (κ1) is 15.0. The van der Waals surface area contributed by atoms with Crippen LogP contribution < -0.4 is 10.6 Å². The van der Waals surface area contributed by atoms with Crippen LogP contribution in [-0.2, 0) is 9.59 Å². The number of carbonyl (C=O) groups excluding carboxylic acids is 2. The second-order valence-corrected chi connectivity index (χ2v) is 5.39. The summed E-state index contributed by atoms with van der Waals surface area (Å²) in [5.41, 5.74) is -0.837. The summed E-state index contributed by atoms with van der Waals surface area (Å²) in [6, 6.07) is 0. The number of carbonyl (C=O) groups is 2. The first-order chi connectivity index (χ1) is 8.27. The maximum atomic E-state index is 12.0. The zero-order valence-electron chi connectivity index (χ0n) is 11.1. The number of amides is 2. The molecule has 0 unspecified atom stereocenters. The van der Waals surface area contributed by atoms with Gasteiger partial charge < -0.3 is 20.7 Å². The molecule has 0 aliphatic heterocycles. The third kappa shape index (κ3) is 3.99. The average Bonchev–Trinajstić information content (AvgIpc) is 2.95. The van der Waals surface area contributed by atoms with Crippen LogP contribution in [0.1, 0.15) is 40.0 Å². The van der Waals surface area contributed by atoms with Crippen molar-refractivity contribution in [3.63, 3.8) is 0 Å². The molecule has 2 amide bonds. The van der Waals surface area contributed by atoms with Crippen molar-refractivity contribution in [2.75, 3.05) is 0 Å². The van der Waals surface area contributed by atoms with Gasteiger partial charge in [-0.3, -0.25) is 9.59 Å². The molecule has 18 heavy (non-hydrogen) atoms. The molecular formula is C11H21BN2O4. The lowest BCUT2D eigenvalue weighted by Gasteiger charge is -2.23. The van der Waals surface area contributed by atoms with E-state index in [1.54, 1.807) is 0 Å². The highest BCUT2D eigenvalue weighted by Gasteiger charge is 2.51. The Labute approximate surface area is 107 Å². The van der Waals surface area contributed by atoms with Crippen LogP contribution in [0.15, 0.2) is 0 Å². The van der Waals surface area contributed by atoms with Crippen molar-refractivity contribution in [1.82, 2.24) is 10.6 Å². The molecule has 1 aliphatic rings. The third-order valence-electron chi connectivity index (χ3n) is 3.00. The fraction of sp³-hybridized carbons (Fsp3) is 0.818. The Kier molecular flexibility index (Phi) is 4.75. The van der Waals surface area contributed by atoms with Gasteiger partial charge in [-0.05, 0) is 25.2 Å². The van der Waals surface area contributed by atoms with E-state index in [9.17, 15) is 19.6 Å². The molecule has 1 aliphatic carbocycles. The SMILES string of the molecule is CC(=O)NC1(C(=O)N[C@@H](CC(C)C)B(O)O)CC1. The van der Waals surface area contributed by atoms with Gasteiger partial charge in [0.15, 0.2) is 0 Å². The minimum atomic E-state index is -1.59. The van der Waals surface area contributed by atoms with Gasteiger partial charge in [-0.2, -0.15) is 0 Å². The summed E-state index contributed by atoms with van der Waals surface area (Å²) in [7, 11) is -1.59. The first-order valence-electron chi connectivity index (χ1n) is 6.22. The van der Waals surface area contributed by atoms with Crippen LogP contribution >= 0.6 is 0 Å². The zero-order chi connectivity index (χ0) is 13.9. The van der Waals surface area contributed by atoms with Crippen LogP contribution in [0, 0.1) is 5.92 Å². The summed E-state index contributed by atoms with van der Waals surface area (Å²) in [5, 5.41) is 23.7. The normalized spacial score (nSPS) is 18.1. The summed E-state index contributed by atoms with van der Waals surface area (Å²) in [6.45, 7) is 5.23. The summed E-state index contributed by atoms with van der Waals surface area (Å²) < 4.78 is 0. The Morgan fingerprint density at radius 3 is 2.22 bits per heavy atom. The van der Waals surface area contributed by atoms with Gasteiger partial charge in [0.2, 0.25) is 11.8 Å². The molecule has 0 aromatic heterocycles. The predicted octanol–water partition coefficient (Wildman–Crippen LogP) is -0.802. The number of nitrogens with one attached hydrogen (secondary N) is 2. The summed E-state index contributed by atoms with van der Waals surface area (Å²) in [4.78, 5) is 23.0. The van der Waals surface area contributed by atoms with Crippen LogP contribution in [-0.4, -0.2) is 40.5 Å². The topological polar surface area (TPSA) is 98.7 Å². The summed E-state index contributed by atoms with van der Waals surface area (Å²) >= 11 is 0. The number of rotatable bonds is 6. The number of hydrogen-bond donors (Lipinski definition) is 4. The Bertz CT molecular complexity index is 329. The van der Waals surface area contributed by atoms with Crippen LogP contribution in [0.3, 0.4) is 0 Å². The van der Waals surface area contributed by atoms with Crippen molar-refractivity contribution < 1.29 is 19.6 Å². The van der Waals surface area contributed by atoms with Gasteiger partial charge in [0.25, 0.3) is 0 Å². The van der Waals surface area contributed by atoms with Crippen molar-refractivity contribution >= 4 is 18.9 Å². The fourth-order valence-corrected chi connectivity index (χ4v) is 1.94. The lowest BCUT2D eigenvalue weighted by atomic mass is 9.75. The minimum Gasteiger partial charge on any atom is -0.426 e. The van der Waals surface area contributed by atoms with E-state index in [-0.39, 0.29) is 17.7 Å². The van der Waals surface area contributed by atoms with Crippen molar-refractivity contribution in [1.29, 1.82) is 0 Å². The van der Waals surface area contributed by atoms with Gasteiger partial charge >= 0.3 is 7.12 Å². The molecule has 7 heteroatoms. The monoisotopic (exact) mass is 256 g/mol. The van der Waals surface area contributed by atoms with Crippen LogP contribution in [0.2, 0.25) is 0 Å². The predicted molar refractivity (Wildman–Crippen MR) is 67.4 cm³/mol. The maximum Gasteiger partial charge on any atom is 0.475 e. The van der Waals surface area contributed by atoms with E-state index in [2.05, 4.69) is 10.6 Å². The molecule has 1 atom stereocenters. The Hall–Kier alpha value is -1.08. The molecule has 1 rings (SSSR count). The fourth-order valence-electron chi connectivity index (χ4n) is 1.94. The van der Waals surface area contributed by atoms with Crippen LogP contribution in [0.25, 0.3) is 0 Å². The van der Waals surface area contributed by atoms with E-state index in [0.29, 0.717) is 19.3 Å². The summed E-state index contributed by atoms with van der Waals surface area (Å²) in [5.74, 6) is -1.07. The highest BCUT2D eigenvalue weighted by atomic mass is 16.4. The first-order valence-corrected chi connectivity index (χ1v) is 6.22.